The van der Waals surface area contributed by atoms with E-state index in [-0.39, 0.29) is 17.9 Å². The minimum atomic E-state index is -0.502. The molecule has 0 saturated heterocycles. The van der Waals surface area contributed by atoms with Crippen LogP contribution in [0.25, 0.3) is 0 Å². The van der Waals surface area contributed by atoms with E-state index in [9.17, 15) is 9.59 Å². The average molecular weight is 310 g/mol. The predicted octanol–water partition coefficient (Wildman–Crippen LogP) is 3.38. The van der Waals surface area contributed by atoms with E-state index in [1.807, 2.05) is 37.6 Å². The normalized spacial score (nSPS) is 21.9. The van der Waals surface area contributed by atoms with Gasteiger partial charge >= 0.3 is 6.09 Å². The molecule has 1 aliphatic rings. The molecule has 0 bridgehead atoms. The van der Waals surface area contributed by atoms with E-state index in [0.29, 0.717) is 6.42 Å². The van der Waals surface area contributed by atoms with Gasteiger partial charge in [0.15, 0.2) is 0 Å². The van der Waals surface area contributed by atoms with Crippen molar-refractivity contribution >= 4 is 29.0 Å². The van der Waals surface area contributed by atoms with E-state index in [1.54, 1.807) is 11.3 Å². The van der Waals surface area contributed by atoms with Crippen LogP contribution >= 0.6 is 11.3 Å². The molecule has 6 heteroatoms. The fraction of sp³-hybridized carbons (Fsp3) is 0.600. The van der Waals surface area contributed by atoms with Crippen molar-refractivity contribution in [3.8, 4) is 0 Å². The largest absolute Gasteiger partial charge is 0.444 e. The number of carbonyl (C=O) groups excluding carboxylic acids is 2. The molecule has 1 saturated carbocycles. The van der Waals surface area contributed by atoms with E-state index < -0.39 is 11.7 Å². The van der Waals surface area contributed by atoms with Gasteiger partial charge in [0.25, 0.3) is 0 Å². The number of nitrogens with one attached hydrogen (secondary N) is 2. The number of amides is 2. The van der Waals surface area contributed by atoms with E-state index in [0.717, 1.165) is 18.5 Å². The summed E-state index contributed by atoms with van der Waals surface area (Å²) >= 11 is 1.55. The van der Waals surface area contributed by atoms with Crippen LogP contribution < -0.4 is 10.6 Å². The third kappa shape index (κ3) is 5.04. The highest BCUT2D eigenvalue weighted by molar-refractivity contribution is 7.08. The Bertz CT molecular complexity index is 494. The molecular formula is C15H22N2O3S. The van der Waals surface area contributed by atoms with E-state index >= 15 is 0 Å². The van der Waals surface area contributed by atoms with Gasteiger partial charge in [0.05, 0.1) is 5.69 Å². The second-order valence-electron chi connectivity index (χ2n) is 6.35. The standard InChI is InChI=1S/C15H22N2O3S/c1-15(2,3)20-14(19)17-11-5-4-10(8-11)13(18)16-12-6-7-21-9-12/h6-7,9-11H,4-5,8H2,1-3H3,(H,16,18)(H,17,19)/t10-,11+/m1/s1. The zero-order chi connectivity index (χ0) is 15.5. The molecule has 116 valence electrons. The van der Waals surface area contributed by atoms with Crippen LogP contribution in [0.2, 0.25) is 0 Å². The van der Waals surface area contributed by atoms with Gasteiger partial charge in [-0.15, -0.1) is 0 Å². The summed E-state index contributed by atoms with van der Waals surface area (Å²) in [5, 5.41) is 9.58. The van der Waals surface area contributed by atoms with E-state index in [2.05, 4.69) is 10.6 Å². The van der Waals surface area contributed by atoms with Gasteiger partial charge in [-0.1, -0.05) is 0 Å². The van der Waals surface area contributed by atoms with Gasteiger partial charge in [-0.3, -0.25) is 4.79 Å². The molecule has 2 atom stereocenters. The topological polar surface area (TPSA) is 67.4 Å². The predicted molar refractivity (Wildman–Crippen MR) is 83.4 cm³/mol. The molecule has 21 heavy (non-hydrogen) atoms. The highest BCUT2D eigenvalue weighted by Crippen LogP contribution is 2.27. The fourth-order valence-corrected chi connectivity index (χ4v) is 2.99. The van der Waals surface area contributed by atoms with Crippen molar-refractivity contribution in [2.75, 3.05) is 5.32 Å². The zero-order valence-corrected chi connectivity index (χ0v) is 13.5. The first-order chi connectivity index (χ1) is 9.83. The van der Waals surface area contributed by atoms with Gasteiger partial charge in [-0.2, -0.15) is 11.3 Å². The summed E-state index contributed by atoms with van der Waals surface area (Å²) in [6.07, 6.45) is 1.85. The first-order valence-electron chi connectivity index (χ1n) is 7.16. The lowest BCUT2D eigenvalue weighted by Gasteiger charge is -2.21. The maximum Gasteiger partial charge on any atom is 0.407 e. The van der Waals surface area contributed by atoms with Gasteiger partial charge in [-0.25, -0.2) is 4.79 Å². The summed E-state index contributed by atoms with van der Waals surface area (Å²) in [6.45, 7) is 5.50. The molecule has 0 unspecified atom stereocenters. The van der Waals surface area contributed by atoms with Crippen LogP contribution in [0.1, 0.15) is 40.0 Å². The van der Waals surface area contributed by atoms with Crippen molar-refractivity contribution in [1.82, 2.24) is 5.32 Å². The SMILES string of the molecule is CC(C)(C)OC(=O)N[C@H]1CC[C@@H](C(=O)Nc2ccsc2)C1. The number of hydrogen-bond donors (Lipinski definition) is 2. The van der Waals surface area contributed by atoms with Gasteiger partial charge in [-0.05, 0) is 51.5 Å². The Morgan fingerprint density at radius 2 is 2.10 bits per heavy atom. The minimum Gasteiger partial charge on any atom is -0.444 e. The molecule has 0 radical (unpaired) electrons. The Morgan fingerprint density at radius 1 is 1.33 bits per heavy atom. The highest BCUT2D eigenvalue weighted by atomic mass is 32.1. The van der Waals surface area contributed by atoms with Crippen LogP contribution in [0.5, 0.6) is 0 Å². The molecule has 1 fully saturated rings. The lowest BCUT2D eigenvalue weighted by atomic mass is 10.1. The molecule has 1 heterocycles. The number of hydrogen-bond acceptors (Lipinski definition) is 4. The first kappa shape index (κ1) is 15.8. The molecule has 0 spiro atoms. The average Bonchev–Trinajstić information content (AvgIpc) is 2.97. The number of thiophene rings is 1. The summed E-state index contributed by atoms with van der Waals surface area (Å²) in [7, 11) is 0. The first-order valence-corrected chi connectivity index (χ1v) is 8.10. The molecule has 1 aliphatic carbocycles. The summed E-state index contributed by atoms with van der Waals surface area (Å²) in [4.78, 5) is 23.8. The number of ether oxygens (including phenoxy) is 1. The van der Waals surface area contributed by atoms with Crippen molar-refractivity contribution in [2.24, 2.45) is 5.92 Å². The Kier molecular flexibility index (Phi) is 4.88. The molecule has 1 aromatic heterocycles. The number of anilines is 1. The lowest BCUT2D eigenvalue weighted by molar-refractivity contribution is -0.119. The zero-order valence-electron chi connectivity index (χ0n) is 12.6. The van der Waals surface area contributed by atoms with Gasteiger partial charge in [0.2, 0.25) is 5.91 Å². The van der Waals surface area contributed by atoms with Crippen LogP contribution in [0.3, 0.4) is 0 Å². The molecule has 1 aromatic rings. The smallest absolute Gasteiger partial charge is 0.407 e. The summed E-state index contributed by atoms with van der Waals surface area (Å²) in [5.41, 5.74) is 0.340. The van der Waals surface area contributed by atoms with Crippen LogP contribution in [-0.2, 0) is 9.53 Å². The number of alkyl carbamates (subject to hydrolysis) is 1. The third-order valence-electron chi connectivity index (χ3n) is 3.31. The summed E-state index contributed by atoms with van der Waals surface area (Å²) < 4.78 is 5.23. The molecule has 2 rings (SSSR count). The van der Waals surface area contributed by atoms with Crippen molar-refractivity contribution in [3.63, 3.8) is 0 Å². The van der Waals surface area contributed by atoms with Crippen molar-refractivity contribution in [3.05, 3.63) is 16.8 Å². The Labute approximate surface area is 129 Å². The van der Waals surface area contributed by atoms with E-state index in [4.69, 9.17) is 4.74 Å². The highest BCUT2D eigenvalue weighted by Gasteiger charge is 2.31. The van der Waals surface area contributed by atoms with Gasteiger partial charge in [0, 0.05) is 17.3 Å². The summed E-state index contributed by atoms with van der Waals surface area (Å²) in [5.74, 6) is -0.0216. The van der Waals surface area contributed by atoms with Crippen LogP contribution in [-0.4, -0.2) is 23.6 Å². The van der Waals surface area contributed by atoms with Crippen LogP contribution in [0, 0.1) is 5.92 Å². The van der Waals surface area contributed by atoms with E-state index in [1.165, 1.54) is 0 Å². The quantitative estimate of drug-likeness (QED) is 0.899. The summed E-state index contributed by atoms with van der Waals surface area (Å²) in [6, 6.07) is 1.89. The maximum atomic E-state index is 12.1. The molecule has 0 aromatic carbocycles. The second-order valence-corrected chi connectivity index (χ2v) is 7.13. The van der Waals surface area contributed by atoms with Crippen molar-refractivity contribution in [2.45, 2.75) is 51.7 Å². The molecule has 2 N–H and O–H groups in total. The monoisotopic (exact) mass is 310 g/mol. The lowest BCUT2D eigenvalue weighted by Crippen LogP contribution is -2.38. The number of carbonyl (C=O) groups is 2. The molecule has 5 nitrogen and oxygen atoms in total. The van der Waals surface area contributed by atoms with Crippen LogP contribution in [0.4, 0.5) is 10.5 Å². The maximum absolute atomic E-state index is 12.1. The Balaban J connectivity index is 1.78. The minimum absolute atomic E-state index is 0.0121. The molecular weight excluding hydrogens is 288 g/mol. The Morgan fingerprint density at radius 3 is 2.71 bits per heavy atom. The van der Waals surface area contributed by atoms with Gasteiger partial charge < -0.3 is 15.4 Å². The third-order valence-corrected chi connectivity index (χ3v) is 4.00. The molecule has 2 amide bonds. The van der Waals surface area contributed by atoms with Crippen molar-refractivity contribution < 1.29 is 14.3 Å². The van der Waals surface area contributed by atoms with Crippen molar-refractivity contribution in [1.29, 1.82) is 0 Å². The van der Waals surface area contributed by atoms with Crippen LogP contribution in [0.15, 0.2) is 16.8 Å². The van der Waals surface area contributed by atoms with Gasteiger partial charge in [0.1, 0.15) is 5.60 Å². The number of rotatable bonds is 3. The molecule has 0 aliphatic heterocycles. The Hall–Kier alpha value is -1.56. The fourth-order valence-electron chi connectivity index (χ4n) is 2.40. The second kappa shape index (κ2) is 6.47.